The van der Waals surface area contributed by atoms with Gasteiger partial charge in [-0.05, 0) is 98.7 Å². The van der Waals surface area contributed by atoms with Crippen molar-refractivity contribution in [1.29, 1.82) is 0 Å². The molecule has 134 valence electrons. The third-order valence-corrected chi connectivity index (χ3v) is 10.0. The van der Waals surface area contributed by atoms with Crippen molar-refractivity contribution in [1.82, 2.24) is 0 Å². The molecule has 5 saturated carbocycles. The maximum absolute atomic E-state index is 12.5. The summed E-state index contributed by atoms with van der Waals surface area (Å²) >= 11 is 3.42. The first-order valence-corrected chi connectivity index (χ1v) is 11.4. The predicted octanol–water partition coefficient (Wildman–Crippen LogP) is 4.58. The van der Waals surface area contributed by atoms with Gasteiger partial charge in [-0.3, -0.25) is 4.79 Å². The molecule has 0 radical (unpaired) electrons. The van der Waals surface area contributed by atoms with Gasteiger partial charge in [-0.25, -0.2) is 0 Å². The van der Waals surface area contributed by atoms with E-state index in [1.54, 1.807) is 0 Å². The number of halogens is 1. The summed E-state index contributed by atoms with van der Waals surface area (Å²) in [6, 6.07) is 0. The van der Waals surface area contributed by atoms with Gasteiger partial charge in [0.15, 0.2) is 0 Å². The Bertz CT molecular complexity index is 562. The summed E-state index contributed by atoms with van der Waals surface area (Å²) in [5.74, 6) is 5.63. The second kappa shape index (κ2) is 5.31. The van der Waals surface area contributed by atoms with Crippen LogP contribution in [0.4, 0.5) is 0 Å². The largest absolute Gasteiger partial charge is 0.390 e. The molecule has 1 unspecified atom stereocenters. The van der Waals surface area contributed by atoms with E-state index >= 15 is 0 Å². The first-order valence-electron chi connectivity index (χ1n) is 10.3. The van der Waals surface area contributed by atoms with Crippen molar-refractivity contribution in [3.8, 4) is 0 Å². The predicted molar refractivity (Wildman–Crippen MR) is 97.8 cm³/mol. The van der Waals surface area contributed by atoms with E-state index in [-0.39, 0.29) is 11.0 Å². The molecule has 0 aliphatic heterocycles. The molecule has 0 amide bonds. The summed E-state index contributed by atoms with van der Waals surface area (Å²) in [6.45, 7) is 2.44. The Labute approximate surface area is 154 Å². The average Bonchev–Trinajstić information content (AvgIpc) is 3.15. The van der Waals surface area contributed by atoms with Crippen molar-refractivity contribution >= 4 is 21.7 Å². The lowest BCUT2D eigenvalue weighted by Crippen LogP contribution is -2.50. The number of hydrogen-bond donors (Lipinski definition) is 1. The van der Waals surface area contributed by atoms with E-state index in [1.807, 2.05) is 0 Å². The normalized spacial score (nSPS) is 58.2. The SMILES string of the molecule is C[C@]12CC[C@@H]3[C@H]4CC[C@]5(O)CC5[C@@H]4CC[C@H]3[C@@H]1CC[C@@H]2C(=O)CBr. The fraction of sp³-hybridized carbons (Fsp3) is 0.952. The molecule has 2 nitrogen and oxygen atoms in total. The number of carbonyl (C=O) groups is 1. The van der Waals surface area contributed by atoms with E-state index in [1.165, 1.54) is 38.5 Å². The molecule has 9 atom stereocenters. The minimum absolute atomic E-state index is 0.252. The quantitative estimate of drug-likeness (QED) is 0.695. The van der Waals surface area contributed by atoms with E-state index in [2.05, 4.69) is 22.9 Å². The van der Waals surface area contributed by atoms with Gasteiger partial charge < -0.3 is 5.11 Å². The van der Waals surface area contributed by atoms with Crippen molar-refractivity contribution in [3.63, 3.8) is 0 Å². The Morgan fingerprint density at radius 2 is 1.62 bits per heavy atom. The highest BCUT2D eigenvalue weighted by Gasteiger charge is 2.65. The van der Waals surface area contributed by atoms with Crippen LogP contribution in [0.5, 0.6) is 0 Å². The number of aliphatic hydroxyl groups is 1. The molecule has 0 bridgehead atoms. The van der Waals surface area contributed by atoms with Crippen LogP contribution in [-0.2, 0) is 4.79 Å². The number of rotatable bonds is 2. The standard InChI is InChI=1S/C21H31BrO2/c1-20-8-6-12-13-7-9-21(24)10-18(21)15(13)3-2-14(12)16(20)4-5-17(20)19(23)11-22/h12-18,24H,2-11H2,1H3/t12-,13-,14-,15-,16+,17-,18?,20+,21+/m1/s1. The molecule has 5 aliphatic carbocycles. The topological polar surface area (TPSA) is 37.3 Å². The molecule has 0 aromatic carbocycles. The molecular weight excluding hydrogens is 364 g/mol. The number of hydrogen-bond acceptors (Lipinski definition) is 2. The first kappa shape index (κ1) is 16.3. The summed E-state index contributed by atoms with van der Waals surface area (Å²) in [7, 11) is 0. The van der Waals surface area contributed by atoms with E-state index in [9.17, 15) is 9.90 Å². The number of Topliss-reactive ketones (excluding diaryl/α,β-unsaturated/α-hetero) is 1. The number of ketones is 1. The minimum Gasteiger partial charge on any atom is -0.390 e. The van der Waals surface area contributed by atoms with Gasteiger partial charge in [0.25, 0.3) is 0 Å². The summed E-state index contributed by atoms with van der Waals surface area (Å²) in [5, 5.41) is 11.1. The van der Waals surface area contributed by atoms with Crippen LogP contribution in [0.15, 0.2) is 0 Å². The van der Waals surface area contributed by atoms with Crippen LogP contribution < -0.4 is 0 Å². The highest BCUT2D eigenvalue weighted by atomic mass is 79.9. The first-order chi connectivity index (χ1) is 11.5. The third kappa shape index (κ3) is 2.06. The van der Waals surface area contributed by atoms with Gasteiger partial charge in [0.2, 0.25) is 0 Å². The highest BCUT2D eigenvalue weighted by Crippen LogP contribution is 2.68. The Morgan fingerprint density at radius 1 is 0.958 bits per heavy atom. The average molecular weight is 395 g/mol. The number of fused-ring (bicyclic) bond motifs is 7. The number of alkyl halides is 1. The van der Waals surface area contributed by atoms with Crippen molar-refractivity contribution in [2.75, 3.05) is 5.33 Å². The zero-order valence-electron chi connectivity index (χ0n) is 14.8. The molecule has 0 aromatic heterocycles. The van der Waals surface area contributed by atoms with Gasteiger partial charge in [0.1, 0.15) is 5.78 Å². The van der Waals surface area contributed by atoms with Gasteiger partial charge in [-0.1, -0.05) is 22.9 Å². The van der Waals surface area contributed by atoms with Crippen LogP contribution in [-0.4, -0.2) is 21.8 Å². The van der Waals surface area contributed by atoms with E-state index in [4.69, 9.17) is 0 Å². The fourth-order valence-electron chi connectivity index (χ4n) is 8.31. The second-order valence-corrected chi connectivity index (χ2v) is 10.6. The molecule has 0 spiro atoms. The van der Waals surface area contributed by atoms with Gasteiger partial charge in [-0.2, -0.15) is 0 Å². The van der Waals surface area contributed by atoms with Gasteiger partial charge in [0, 0.05) is 5.92 Å². The Morgan fingerprint density at radius 3 is 2.33 bits per heavy atom. The molecule has 0 saturated heterocycles. The molecule has 0 aromatic rings. The number of carbonyl (C=O) groups excluding carboxylic acids is 1. The molecular formula is C21H31BrO2. The molecule has 0 heterocycles. The summed E-state index contributed by atoms with van der Waals surface area (Å²) in [6.07, 6.45) is 11.2. The summed E-state index contributed by atoms with van der Waals surface area (Å²) in [5.41, 5.74) is 0.0196. The third-order valence-electron chi connectivity index (χ3n) is 9.48. The molecule has 5 fully saturated rings. The van der Waals surface area contributed by atoms with E-state index < -0.39 is 0 Å². The van der Waals surface area contributed by atoms with Crippen molar-refractivity contribution in [2.45, 2.75) is 70.3 Å². The molecule has 24 heavy (non-hydrogen) atoms. The van der Waals surface area contributed by atoms with Crippen molar-refractivity contribution < 1.29 is 9.90 Å². The van der Waals surface area contributed by atoms with Crippen molar-refractivity contribution in [3.05, 3.63) is 0 Å². The van der Waals surface area contributed by atoms with Crippen LogP contribution >= 0.6 is 15.9 Å². The van der Waals surface area contributed by atoms with Crippen LogP contribution in [0, 0.1) is 46.8 Å². The van der Waals surface area contributed by atoms with Gasteiger partial charge >= 0.3 is 0 Å². The lowest BCUT2D eigenvalue weighted by Gasteiger charge is -2.56. The Kier molecular flexibility index (Phi) is 3.61. The van der Waals surface area contributed by atoms with Crippen LogP contribution in [0.3, 0.4) is 0 Å². The second-order valence-electron chi connectivity index (χ2n) is 10.1. The smallest absolute Gasteiger partial charge is 0.147 e. The van der Waals surface area contributed by atoms with E-state index in [0.29, 0.717) is 22.9 Å². The highest BCUT2D eigenvalue weighted by molar-refractivity contribution is 9.09. The molecule has 5 aliphatic rings. The van der Waals surface area contributed by atoms with Crippen LogP contribution in [0.1, 0.15) is 64.7 Å². The van der Waals surface area contributed by atoms with Crippen LogP contribution in [0.25, 0.3) is 0 Å². The van der Waals surface area contributed by atoms with Gasteiger partial charge in [-0.15, -0.1) is 0 Å². The maximum atomic E-state index is 12.5. The zero-order valence-corrected chi connectivity index (χ0v) is 16.4. The summed E-state index contributed by atoms with van der Waals surface area (Å²) < 4.78 is 0. The molecule has 1 N–H and O–H groups in total. The molecule has 3 heteroatoms. The maximum Gasteiger partial charge on any atom is 0.147 e. The zero-order chi connectivity index (χ0) is 16.7. The Balaban J connectivity index is 1.39. The Hall–Kier alpha value is 0.110. The monoisotopic (exact) mass is 394 g/mol. The molecule has 5 rings (SSSR count). The lowest BCUT2D eigenvalue weighted by atomic mass is 9.49. The van der Waals surface area contributed by atoms with Gasteiger partial charge in [0.05, 0.1) is 10.9 Å². The summed E-state index contributed by atoms with van der Waals surface area (Å²) in [4.78, 5) is 12.5. The minimum atomic E-state index is -0.252. The van der Waals surface area contributed by atoms with Crippen LogP contribution in [0.2, 0.25) is 0 Å². The lowest BCUT2D eigenvalue weighted by molar-refractivity contribution is -0.128. The van der Waals surface area contributed by atoms with Crippen molar-refractivity contribution in [2.24, 2.45) is 46.8 Å². The van der Waals surface area contributed by atoms with E-state index in [0.717, 1.165) is 48.9 Å². The fourth-order valence-corrected chi connectivity index (χ4v) is 8.70.